The number of ether oxygens (including phenoxy) is 2. The van der Waals surface area contributed by atoms with Crippen LogP contribution in [0.3, 0.4) is 0 Å². The Morgan fingerprint density at radius 1 is 1.17 bits per heavy atom. The third-order valence-electron chi connectivity index (χ3n) is 4.76. The first-order valence-electron chi connectivity index (χ1n) is 8.44. The van der Waals surface area contributed by atoms with Crippen LogP contribution in [0.2, 0.25) is 0 Å². The van der Waals surface area contributed by atoms with Gasteiger partial charge in [-0.25, -0.2) is 0 Å². The number of piperidine rings is 1. The summed E-state index contributed by atoms with van der Waals surface area (Å²) in [6, 6.07) is 4.07. The summed E-state index contributed by atoms with van der Waals surface area (Å²) in [4.78, 5) is 26.0. The fourth-order valence-electron chi connectivity index (χ4n) is 3.12. The number of hydrogen-bond acceptors (Lipinski definition) is 4. The van der Waals surface area contributed by atoms with Gasteiger partial charge < -0.3 is 14.4 Å². The second kappa shape index (κ2) is 7.69. The van der Waals surface area contributed by atoms with Gasteiger partial charge >= 0.3 is 5.97 Å². The summed E-state index contributed by atoms with van der Waals surface area (Å²) in [5, 5.41) is 0. The highest BCUT2D eigenvalue weighted by Crippen LogP contribution is 2.25. The van der Waals surface area contributed by atoms with E-state index in [-0.39, 0.29) is 17.8 Å². The lowest BCUT2D eigenvalue weighted by atomic mass is 9.97. The third kappa shape index (κ3) is 4.08. The van der Waals surface area contributed by atoms with E-state index < -0.39 is 6.10 Å². The van der Waals surface area contributed by atoms with Crippen molar-refractivity contribution in [2.75, 3.05) is 20.2 Å². The van der Waals surface area contributed by atoms with Crippen LogP contribution in [0.4, 0.5) is 0 Å². The molecular formula is C19H27NO4. The molecule has 1 atom stereocenters. The maximum absolute atomic E-state index is 12.6. The van der Waals surface area contributed by atoms with Gasteiger partial charge in [0, 0.05) is 13.1 Å². The Hall–Kier alpha value is -2.04. The number of nitrogens with zero attached hydrogens (tertiary/aromatic N) is 1. The second-order valence-electron chi connectivity index (χ2n) is 6.59. The first-order chi connectivity index (χ1) is 11.3. The molecule has 1 unspecified atom stereocenters. The number of likely N-dealkylation sites (tertiary alicyclic amines) is 1. The Labute approximate surface area is 143 Å². The first kappa shape index (κ1) is 18.3. The monoisotopic (exact) mass is 333 g/mol. The smallest absolute Gasteiger partial charge is 0.308 e. The number of amides is 1. The maximum Gasteiger partial charge on any atom is 0.308 e. The van der Waals surface area contributed by atoms with E-state index in [4.69, 9.17) is 9.47 Å². The van der Waals surface area contributed by atoms with E-state index in [2.05, 4.69) is 6.07 Å². The molecule has 2 rings (SSSR count). The molecule has 1 aliphatic rings. The van der Waals surface area contributed by atoms with Crippen molar-refractivity contribution in [1.82, 2.24) is 4.90 Å². The van der Waals surface area contributed by atoms with Gasteiger partial charge in [0.2, 0.25) is 0 Å². The van der Waals surface area contributed by atoms with Crippen molar-refractivity contribution in [3.63, 3.8) is 0 Å². The molecule has 24 heavy (non-hydrogen) atoms. The number of carbonyl (C=O) groups excluding carboxylic acids is 2. The van der Waals surface area contributed by atoms with E-state index >= 15 is 0 Å². The van der Waals surface area contributed by atoms with Gasteiger partial charge in [-0.15, -0.1) is 0 Å². The Morgan fingerprint density at radius 2 is 1.79 bits per heavy atom. The second-order valence-corrected chi connectivity index (χ2v) is 6.59. The van der Waals surface area contributed by atoms with Crippen LogP contribution in [0.25, 0.3) is 0 Å². The van der Waals surface area contributed by atoms with Crippen LogP contribution in [0.5, 0.6) is 5.75 Å². The molecule has 1 fully saturated rings. The Balaban J connectivity index is 1.97. The van der Waals surface area contributed by atoms with E-state index in [0.717, 1.165) is 22.4 Å². The largest absolute Gasteiger partial charge is 0.481 e. The van der Waals surface area contributed by atoms with Gasteiger partial charge in [-0.3, -0.25) is 9.59 Å². The van der Waals surface area contributed by atoms with E-state index in [9.17, 15) is 9.59 Å². The number of methoxy groups -OCH3 is 1. The van der Waals surface area contributed by atoms with E-state index in [0.29, 0.717) is 25.9 Å². The lowest BCUT2D eigenvalue weighted by Gasteiger charge is -2.32. The average Bonchev–Trinajstić information content (AvgIpc) is 2.57. The van der Waals surface area contributed by atoms with Crippen molar-refractivity contribution in [3.05, 3.63) is 28.8 Å². The predicted molar refractivity (Wildman–Crippen MR) is 92.1 cm³/mol. The standard InChI is InChI=1S/C19H27NO4/c1-12-10-13(2)14(3)17(11-12)24-15(4)18(21)20-8-6-16(7-9-20)19(22)23-5/h10-11,15-16H,6-9H2,1-5H3. The van der Waals surface area contributed by atoms with Crippen LogP contribution in [0, 0.1) is 26.7 Å². The minimum Gasteiger partial charge on any atom is -0.481 e. The molecule has 1 saturated heterocycles. The lowest BCUT2D eigenvalue weighted by Crippen LogP contribution is -2.45. The molecule has 0 aliphatic carbocycles. The molecule has 0 radical (unpaired) electrons. The molecule has 132 valence electrons. The average molecular weight is 333 g/mol. The lowest BCUT2D eigenvalue weighted by molar-refractivity contribution is -0.150. The SMILES string of the molecule is COC(=O)C1CCN(C(=O)C(C)Oc2cc(C)cc(C)c2C)CC1. The van der Waals surface area contributed by atoms with Crippen molar-refractivity contribution in [2.45, 2.75) is 46.6 Å². The third-order valence-corrected chi connectivity index (χ3v) is 4.76. The first-order valence-corrected chi connectivity index (χ1v) is 8.44. The molecule has 0 spiro atoms. The zero-order chi connectivity index (χ0) is 17.9. The summed E-state index contributed by atoms with van der Waals surface area (Å²) in [5.74, 6) is 0.448. The van der Waals surface area contributed by atoms with Gasteiger partial charge in [-0.1, -0.05) is 6.07 Å². The van der Waals surface area contributed by atoms with Gasteiger partial charge in [-0.05, 0) is 63.3 Å². The molecule has 1 aliphatic heterocycles. The summed E-state index contributed by atoms with van der Waals surface area (Å²) in [6.45, 7) is 8.98. The number of aryl methyl sites for hydroxylation is 2. The van der Waals surface area contributed by atoms with Gasteiger partial charge in [0.1, 0.15) is 5.75 Å². The molecule has 0 aromatic heterocycles. The van der Waals surface area contributed by atoms with Crippen LogP contribution in [-0.4, -0.2) is 43.1 Å². The Morgan fingerprint density at radius 3 is 2.38 bits per heavy atom. The predicted octanol–water partition coefficient (Wildman–Crippen LogP) is 2.79. The van der Waals surface area contributed by atoms with Crippen LogP contribution in [0.1, 0.15) is 36.5 Å². The van der Waals surface area contributed by atoms with E-state index in [1.807, 2.05) is 26.8 Å². The summed E-state index contributed by atoms with van der Waals surface area (Å²) >= 11 is 0. The van der Waals surface area contributed by atoms with Crippen molar-refractivity contribution in [3.8, 4) is 5.75 Å². The molecule has 0 N–H and O–H groups in total. The van der Waals surface area contributed by atoms with Crippen LogP contribution >= 0.6 is 0 Å². The van der Waals surface area contributed by atoms with Crippen LogP contribution in [-0.2, 0) is 14.3 Å². The Kier molecular flexibility index (Phi) is 5.86. The number of hydrogen-bond donors (Lipinski definition) is 0. The van der Waals surface area contributed by atoms with Gasteiger partial charge in [-0.2, -0.15) is 0 Å². The topological polar surface area (TPSA) is 55.8 Å². The highest BCUT2D eigenvalue weighted by atomic mass is 16.5. The molecule has 1 heterocycles. The molecule has 5 nitrogen and oxygen atoms in total. The van der Waals surface area contributed by atoms with Crippen molar-refractivity contribution in [2.24, 2.45) is 5.92 Å². The number of rotatable bonds is 4. The van der Waals surface area contributed by atoms with E-state index in [1.165, 1.54) is 7.11 Å². The van der Waals surface area contributed by atoms with Crippen molar-refractivity contribution < 1.29 is 19.1 Å². The number of carbonyl (C=O) groups is 2. The van der Waals surface area contributed by atoms with E-state index in [1.54, 1.807) is 11.8 Å². The highest BCUT2D eigenvalue weighted by Gasteiger charge is 2.30. The van der Waals surface area contributed by atoms with Crippen molar-refractivity contribution >= 4 is 11.9 Å². The summed E-state index contributed by atoms with van der Waals surface area (Å²) in [6.07, 6.45) is 0.751. The molecule has 5 heteroatoms. The van der Waals surface area contributed by atoms with Gasteiger partial charge in [0.25, 0.3) is 5.91 Å². The molecule has 1 aromatic rings. The van der Waals surface area contributed by atoms with Crippen molar-refractivity contribution in [1.29, 1.82) is 0 Å². The summed E-state index contributed by atoms with van der Waals surface area (Å²) in [5.41, 5.74) is 3.33. The van der Waals surface area contributed by atoms with Gasteiger partial charge in [0.15, 0.2) is 6.10 Å². The molecule has 1 amide bonds. The summed E-state index contributed by atoms with van der Waals surface area (Å²) < 4.78 is 10.7. The summed E-state index contributed by atoms with van der Waals surface area (Å²) in [7, 11) is 1.40. The highest BCUT2D eigenvalue weighted by molar-refractivity contribution is 5.81. The number of benzene rings is 1. The van der Waals surface area contributed by atoms with Gasteiger partial charge in [0.05, 0.1) is 13.0 Å². The van der Waals surface area contributed by atoms with Crippen LogP contribution < -0.4 is 4.74 Å². The molecular weight excluding hydrogens is 306 g/mol. The molecule has 1 aromatic carbocycles. The fourth-order valence-corrected chi connectivity index (χ4v) is 3.12. The fraction of sp³-hybridized carbons (Fsp3) is 0.579. The zero-order valence-electron chi connectivity index (χ0n) is 15.2. The number of esters is 1. The normalized spacial score (nSPS) is 16.6. The molecule has 0 bridgehead atoms. The maximum atomic E-state index is 12.6. The quantitative estimate of drug-likeness (QED) is 0.795. The Bertz CT molecular complexity index is 618. The minimum absolute atomic E-state index is 0.0307. The zero-order valence-corrected chi connectivity index (χ0v) is 15.2. The molecule has 0 saturated carbocycles. The minimum atomic E-state index is -0.542. The van der Waals surface area contributed by atoms with Crippen LogP contribution in [0.15, 0.2) is 12.1 Å².